The van der Waals surface area contributed by atoms with Crippen LogP contribution in [0.4, 0.5) is 5.69 Å². The Bertz CT molecular complexity index is 728. The monoisotopic (exact) mass is 265 g/mol. The third kappa shape index (κ3) is 2.27. The number of hydrogen-bond donors (Lipinski definition) is 1. The SMILES string of the molecule is CCc1ccccc1NCc1c(C)nc2ccccn12. The fourth-order valence-corrected chi connectivity index (χ4v) is 2.56. The van der Waals surface area contributed by atoms with E-state index in [2.05, 4.69) is 59.0 Å². The van der Waals surface area contributed by atoms with Gasteiger partial charge in [0.15, 0.2) is 0 Å². The molecule has 102 valence electrons. The van der Waals surface area contributed by atoms with Gasteiger partial charge in [0.2, 0.25) is 0 Å². The lowest BCUT2D eigenvalue weighted by Crippen LogP contribution is -2.05. The summed E-state index contributed by atoms with van der Waals surface area (Å²) >= 11 is 0. The van der Waals surface area contributed by atoms with E-state index < -0.39 is 0 Å². The lowest BCUT2D eigenvalue weighted by Gasteiger charge is -2.11. The summed E-state index contributed by atoms with van der Waals surface area (Å²) in [5.74, 6) is 0. The molecule has 2 heterocycles. The Morgan fingerprint density at radius 3 is 2.75 bits per heavy atom. The largest absolute Gasteiger partial charge is 0.379 e. The maximum atomic E-state index is 4.59. The molecule has 0 aliphatic carbocycles. The predicted molar refractivity (Wildman–Crippen MR) is 83.1 cm³/mol. The second-order valence-electron chi connectivity index (χ2n) is 4.94. The maximum Gasteiger partial charge on any atom is 0.137 e. The summed E-state index contributed by atoms with van der Waals surface area (Å²) < 4.78 is 2.15. The lowest BCUT2D eigenvalue weighted by molar-refractivity contribution is 0.980. The minimum absolute atomic E-state index is 0.786. The summed E-state index contributed by atoms with van der Waals surface area (Å²) in [5, 5.41) is 3.54. The van der Waals surface area contributed by atoms with Gasteiger partial charge >= 0.3 is 0 Å². The lowest BCUT2D eigenvalue weighted by atomic mass is 10.1. The van der Waals surface area contributed by atoms with Crippen molar-refractivity contribution in [1.29, 1.82) is 0 Å². The molecule has 0 spiro atoms. The smallest absolute Gasteiger partial charge is 0.137 e. The molecule has 1 aromatic carbocycles. The Kier molecular flexibility index (Phi) is 3.42. The molecule has 0 unspecified atom stereocenters. The summed E-state index contributed by atoms with van der Waals surface area (Å²) in [6.45, 7) is 5.03. The van der Waals surface area contributed by atoms with Crippen molar-refractivity contribution in [3.8, 4) is 0 Å². The van der Waals surface area contributed by atoms with Crippen molar-refractivity contribution in [1.82, 2.24) is 9.38 Å². The summed E-state index contributed by atoms with van der Waals surface area (Å²) in [6, 6.07) is 14.6. The molecule has 2 aromatic heterocycles. The molecule has 0 atom stereocenters. The van der Waals surface area contributed by atoms with Gasteiger partial charge in [-0.3, -0.25) is 0 Å². The number of imidazole rings is 1. The van der Waals surface area contributed by atoms with E-state index in [0.717, 1.165) is 24.3 Å². The third-order valence-electron chi connectivity index (χ3n) is 3.67. The van der Waals surface area contributed by atoms with Crippen LogP contribution in [0, 0.1) is 6.92 Å². The zero-order chi connectivity index (χ0) is 13.9. The fourth-order valence-electron chi connectivity index (χ4n) is 2.56. The van der Waals surface area contributed by atoms with Crippen LogP contribution in [0.25, 0.3) is 5.65 Å². The minimum atomic E-state index is 0.786. The van der Waals surface area contributed by atoms with Crippen LogP contribution in [-0.4, -0.2) is 9.38 Å². The van der Waals surface area contributed by atoms with Crippen LogP contribution < -0.4 is 5.32 Å². The first-order chi connectivity index (χ1) is 9.79. The fraction of sp³-hybridized carbons (Fsp3) is 0.235. The Morgan fingerprint density at radius 2 is 1.90 bits per heavy atom. The number of aromatic nitrogens is 2. The number of hydrogen-bond acceptors (Lipinski definition) is 2. The second kappa shape index (κ2) is 5.37. The number of nitrogens with one attached hydrogen (secondary N) is 1. The number of anilines is 1. The number of para-hydroxylation sites is 1. The van der Waals surface area contributed by atoms with Crippen LogP contribution in [0.3, 0.4) is 0 Å². The minimum Gasteiger partial charge on any atom is -0.379 e. The van der Waals surface area contributed by atoms with Gasteiger partial charge in [0.25, 0.3) is 0 Å². The highest BCUT2D eigenvalue weighted by atomic mass is 15.0. The molecule has 0 radical (unpaired) electrons. The van der Waals surface area contributed by atoms with Gasteiger partial charge in [-0.1, -0.05) is 31.2 Å². The van der Waals surface area contributed by atoms with Crippen LogP contribution in [0.1, 0.15) is 23.9 Å². The van der Waals surface area contributed by atoms with Gasteiger partial charge in [0, 0.05) is 11.9 Å². The van der Waals surface area contributed by atoms with Crippen LogP contribution in [0.15, 0.2) is 48.7 Å². The van der Waals surface area contributed by atoms with Gasteiger partial charge in [-0.25, -0.2) is 4.98 Å². The average molecular weight is 265 g/mol. The molecule has 0 saturated carbocycles. The Labute approximate surface area is 119 Å². The van der Waals surface area contributed by atoms with Crippen molar-refractivity contribution in [3.63, 3.8) is 0 Å². The van der Waals surface area contributed by atoms with E-state index in [0.29, 0.717) is 0 Å². The number of benzene rings is 1. The highest BCUT2D eigenvalue weighted by Crippen LogP contribution is 2.18. The molecular formula is C17H19N3. The maximum absolute atomic E-state index is 4.59. The van der Waals surface area contributed by atoms with Crippen molar-refractivity contribution in [2.45, 2.75) is 26.8 Å². The zero-order valence-corrected chi connectivity index (χ0v) is 11.9. The quantitative estimate of drug-likeness (QED) is 0.777. The molecule has 3 heteroatoms. The Hall–Kier alpha value is -2.29. The number of nitrogens with zero attached hydrogens (tertiary/aromatic N) is 2. The second-order valence-corrected chi connectivity index (χ2v) is 4.94. The number of aryl methyl sites for hydroxylation is 2. The summed E-state index contributed by atoms with van der Waals surface area (Å²) in [5.41, 5.74) is 5.86. The standard InChI is InChI=1S/C17H19N3/c1-3-14-8-4-5-9-15(14)18-12-16-13(2)19-17-10-6-7-11-20(16)17/h4-11,18H,3,12H2,1-2H3. The van der Waals surface area contributed by atoms with Crippen LogP contribution in [-0.2, 0) is 13.0 Å². The molecule has 3 aromatic rings. The Morgan fingerprint density at radius 1 is 1.10 bits per heavy atom. The van der Waals surface area contributed by atoms with Crippen LogP contribution in [0.2, 0.25) is 0 Å². The number of pyridine rings is 1. The van der Waals surface area contributed by atoms with E-state index in [4.69, 9.17) is 0 Å². The van der Waals surface area contributed by atoms with E-state index in [1.165, 1.54) is 16.9 Å². The van der Waals surface area contributed by atoms with Crippen molar-refractivity contribution < 1.29 is 0 Å². The van der Waals surface area contributed by atoms with E-state index in [9.17, 15) is 0 Å². The number of rotatable bonds is 4. The van der Waals surface area contributed by atoms with Gasteiger partial charge in [0.1, 0.15) is 5.65 Å². The molecule has 0 aliphatic heterocycles. The van der Waals surface area contributed by atoms with Gasteiger partial charge in [0.05, 0.1) is 17.9 Å². The van der Waals surface area contributed by atoms with Crippen LogP contribution >= 0.6 is 0 Å². The third-order valence-corrected chi connectivity index (χ3v) is 3.67. The average Bonchev–Trinajstić information content (AvgIpc) is 2.81. The van der Waals surface area contributed by atoms with E-state index in [1.807, 2.05) is 18.2 Å². The normalized spacial score (nSPS) is 10.9. The van der Waals surface area contributed by atoms with E-state index in [1.54, 1.807) is 0 Å². The highest BCUT2D eigenvalue weighted by Gasteiger charge is 2.08. The summed E-state index contributed by atoms with van der Waals surface area (Å²) in [4.78, 5) is 4.59. The van der Waals surface area contributed by atoms with Crippen LogP contribution in [0.5, 0.6) is 0 Å². The number of fused-ring (bicyclic) bond motifs is 1. The van der Waals surface area contributed by atoms with E-state index >= 15 is 0 Å². The molecule has 0 fully saturated rings. The highest BCUT2D eigenvalue weighted by molar-refractivity contribution is 5.52. The molecule has 3 rings (SSSR count). The topological polar surface area (TPSA) is 29.3 Å². The molecule has 0 bridgehead atoms. The van der Waals surface area contributed by atoms with Gasteiger partial charge < -0.3 is 9.72 Å². The van der Waals surface area contributed by atoms with Gasteiger partial charge in [-0.2, -0.15) is 0 Å². The Balaban J connectivity index is 1.89. The first-order valence-corrected chi connectivity index (χ1v) is 7.04. The predicted octanol–water partition coefficient (Wildman–Crippen LogP) is 3.82. The molecule has 0 aliphatic rings. The molecule has 20 heavy (non-hydrogen) atoms. The molecule has 0 saturated heterocycles. The molecule has 1 N–H and O–H groups in total. The van der Waals surface area contributed by atoms with Crippen molar-refractivity contribution >= 4 is 11.3 Å². The zero-order valence-electron chi connectivity index (χ0n) is 11.9. The first-order valence-electron chi connectivity index (χ1n) is 7.04. The van der Waals surface area contributed by atoms with Gasteiger partial charge in [-0.05, 0) is 37.1 Å². The van der Waals surface area contributed by atoms with Crippen molar-refractivity contribution in [2.75, 3.05) is 5.32 Å². The van der Waals surface area contributed by atoms with Crippen molar-refractivity contribution in [3.05, 3.63) is 65.6 Å². The summed E-state index contributed by atoms with van der Waals surface area (Å²) in [6.07, 6.45) is 3.10. The molecule has 3 nitrogen and oxygen atoms in total. The first kappa shape index (κ1) is 12.7. The van der Waals surface area contributed by atoms with Crippen molar-refractivity contribution in [2.24, 2.45) is 0 Å². The summed E-state index contributed by atoms with van der Waals surface area (Å²) in [7, 11) is 0. The molecular weight excluding hydrogens is 246 g/mol. The van der Waals surface area contributed by atoms with Gasteiger partial charge in [-0.15, -0.1) is 0 Å². The van der Waals surface area contributed by atoms with E-state index in [-0.39, 0.29) is 0 Å². The molecule has 0 amide bonds.